The minimum atomic E-state index is -0.0290. The number of carbonyl (C=O) groups is 1. The van der Waals surface area contributed by atoms with E-state index in [9.17, 15) is 4.79 Å². The topological polar surface area (TPSA) is 78.4 Å². The van der Waals surface area contributed by atoms with Crippen LogP contribution in [0, 0.1) is 5.92 Å². The molecular formula is C24H41N5O3. The number of amides is 1. The van der Waals surface area contributed by atoms with Crippen LogP contribution in [0.25, 0.3) is 0 Å². The van der Waals surface area contributed by atoms with Crippen LogP contribution in [-0.4, -0.2) is 88.3 Å². The van der Waals surface area contributed by atoms with Crippen LogP contribution in [0.2, 0.25) is 0 Å². The molecule has 0 aromatic heterocycles. The van der Waals surface area contributed by atoms with Crippen molar-refractivity contribution in [2.75, 3.05) is 66.6 Å². The molecule has 8 nitrogen and oxygen atoms in total. The van der Waals surface area contributed by atoms with Crippen molar-refractivity contribution in [3.8, 4) is 5.75 Å². The Bertz CT molecular complexity index is 700. The first-order chi connectivity index (χ1) is 15.3. The van der Waals surface area contributed by atoms with Crippen molar-refractivity contribution in [3.05, 3.63) is 29.8 Å². The van der Waals surface area contributed by atoms with E-state index >= 15 is 0 Å². The number of hydrogen-bond donors (Lipinski definition) is 2. The van der Waals surface area contributed by atoms with Gasteiger partial charge in [0.15, 0.2) is 5.96 Å². The Labute approximate surface area is 193 Å². The summed E-state index contributed by atoms with van der Waals surface area (Å²) < 4.78 is 11.2. The fourth-order valence-corrected chi connectivity index (χ4v) is 3.18. The summed E-state index contributed by atoms with van der Waals surface area (Å²) in [6.45, 7) is 12.6. The predicted octanol–water partition coefficient (Wildman–Crippen LogP) is 2.13. The van der Waals surface area contributed by atoms with E-state index in [2.05, 4.69) is 53.4 Å². The summed E-state index contributed by atoms with van der Waals surface area (Å²) in [4.78, 5) is 20.5. The number of ether oxygens (including phenoxy) is 2. The summed E-state index contributed by atoms with van der Waals surface area (Å²) in [5.41, 5.74) is 1.13. The van der Waals surface area contributed by atoms with Crippen LogP contribution >= 0.6 is 0 Å². The molecule has 1 heterocycles. The van der Waals surface area contributed by atoms with Crippen molar-refractivity contribution in [2.24, 2.45) is 10.9 Å². The average molecular weight is 448 g/mol. The zero-order valence-electron chi connectivity index (χ0n) is 20.4. The Hall–Kier alpha value is -2.32. The highest BCUT2D eigenvalue weighted by Gasteiger charge is 2.12. The molecule has 1 unspecified atom stereocenters. The summed E-state index contributed by atoms with van der Waals surface area (Å²) in [5, 5.41) is 6.81. The standard InChI is InChI=1S/C24H41N5O3/c1-19(2)18-32-22-9-7-21(8-10-22)20(3)27-24(26-17-23(30)28(4)5)25-11-6-12-29-13-15-31-16-14-29/h7-10,19-20H,6,11-18H2,1-5H3,(H2,25,26,27). The monoisotopic (exact) mass is 447 g/mol. The van der Waals surface area contributed by atoms with Gasteiger partial charge in [-0.3, -0.25) is 9.69 Å². The molecule has 0 radical (unpaired) electrons. The van der Waals surface area contributed by atoms with Crippen molar-refractivity contribution >= 4 is 11.9 Å². The molecule has 1 amide bonds. The van der Waals surface area contributed by atoms with Gasteiger partial charge >= 0.3 is 0 Å². The number of carbonyl (C=O) groups excluding carboxylic acids is 1. The quantitative estimate of drug-likeness (QED) is 0.307. The smallest absolute Gasteiger partial charge is 0.243 e. The molecular weight excluding hydrogens is 406 g/mol. The van der Waals surface area contributed by atoms with E-state index in [0.717, 1.165) is 57.1 Å². The van der Waals surface area contributed by atoms with Gasteiger partial charge < -0.3 is 25.0 Å². The van der Waals surface area contributed by atoms with Gasteiger partial charge in [0.05, 0.1) is 25.9 Å². The first-order valence-electron chi connectivity index (χ1n) is 11.6. The minimum Gasteiger partial charge on any atom is -0.493 e. The van der Waals surface area contributed by atoms with Gasteiger partial charge in [-0.2, -0.15) is 0 Å². The maximum atomic E-state index is 12.0. The zero-order valence-corrected chi connectivity index (χ0v) is 20.4. The first kappa shape index (κ1) is 25.9. The van der Waals surface area contributed by atoms with Gasteiger partial charge in [-0.25, -0.2) is 4.99 Å². The van der Waals surface area contributed by atoms with Crippen molar-refractivity contribution in [1.29, 1.82) is 0 Å². The molecule has 2 N–H and O–H groups in total. The van der Waals surface area contributed by atoms with E-state index in [0.29, 0.717) is 18.5 Å². The highest BCUT2D eigenvalue weighted by Crippen LogP contribution is 2.18. The lowest BCUT2D eigenvalue weighted by atomic mass is 10.1. The fourth-order valence-electron chi connectivity index (χ4n) is 3.18. The third kappa shape index (κ3) is 9.87. The Morgan fingerprint density at radius 2 is 1.88 bits per heavy atom. The minimum absolute atomic E-state index is 0.0290. The summed E-state index contributed by atoms with van der Waals surface area (Å²) in [6, 6.07) is 8.16. The molecule has 1 fully saturated rings. The van der Waals surface area contributed by atoms with Crippen molar-refractivity contribution < 1.29 is 14.3 Å². The van der Waals surface area contributed by atoms with Crippen LogP contribution < -0.4 is 15.4 Å². The number of likely N-dealkylation sites (N-methyl/N-ethyl adjacent to an activating group) is 1. The van der Waals surface area contributed by atoms with Crippen LogP contribution in [0.15, 0.2) is 29.3 Å². The van der Waals surface area contributed by atoms with Gasteiger partial charge in [-0.1, -0.05) is 26.0 Å². The van der Waals surface area contributed by atoms with E-state index in [-0.39, 0.29) is 18.5 Å². The molecule has 32 heavy (non-hydrogen) atoms. The van der Waals surface area contributed by atoms with Crippen LogP contribution in [0.1, 0.15) is 38.8 Å². The summed E-state index contributed by atoms with van der Waals surface area (Å²) in [5.74, 6) is 1.99. The molecule has 0 bridgehead atoms. The molecule has 1 aliphatic heterocycles. The Balaban J connectivity index is 1.90. The van der Waals surface area contributed by atoms with Gasteiger partial charge in [0.1, 0.15) is 12.3 Å². The number of nitrogens with one attached hydrogen (secondary N) is 2. The second-order valence-electron chi connectivity index (χ2n) is 8.83. The summed E-state index contributed by atoms with van der Waals surface area (Å²) in [7, 11) is 3.48. The molecule has 1 saturated heterocycles. The van der Waals surface area contributed by atoms with Crippen molar-refractivity contribution in [2.45, 2.75) is 33.2 Å². The second-order valence-corrected chi connectivity index (χ2v) is 8.83. The van der Waals surface area contributed by atoms with Crippen LogP contribution in [0.3, 0.4) is 0 Å². The van der Waals surface area contributed by atoms with Gasteiger partial charge in [0.25, 0.3) is 0 Å². The van der Waals surface area contributed by atoms with Crippen molar-refractivity contribution in [1.82, 2.24) is 20.4 Å². The number of aliphatic imine (C=N–C) groups is 1. The number of hydrogen-bond acceptors (Lipinski definition) is 5. The largest absolute Gasteiger partial charge is 0.493 e. The normalized spacial score (nSPS) is 16.0. The van der Waals surface area contributed by atoms with Crippen LogP contribution in [0.4, 0.5) is 0 Å². The van der Waals surface area contributed by atoms with E-state index in [1.807, 2.05) is 12.1 Å². The molecule has 0 spiro atoms. The molecule has 1 aliphatic rings. The number of guanidine groups is 1. The third-order valence-electron chi connectivity index (χ3n) is 5.24. The van der Waals surface area contributed by atoms with Crippen LogP contribution in [0.5, 0.6) is 5.75 Å². The van der Waals surface area contributed by atoms with E-state index in [1.54, 1.807) is 19.0 Å². The van der Waals surface area contributed by atoms with Gasteiger partial charge in [0.2, 0.25) is 5.91 Å². The van der Waals surface area contributed by atoms with Gasteiger partial charge in [-0.15, -0.1) is 0 Å². The lowest BCUT2D eigenvalue weighted by molar-refractivity contribution is -0.127. The maximum Gasteiger partial charge on any atom is 0.243 e. The van der Waals surface area contributed by atoms with Gasteiger partial charge in [0, 0.05) is 33.7 Å². The molecule has 1 atom stereocenters. The molecule has 2 rings (SSSR count). The second kappa shape index (κ2) is 14.0. The number of rotatable bonds is 11. The van der Waals surface area contributed by atoms with Crippen LogP contribution in [-0.2, 0) is 9.53 Å². The lowest BCUT2D eigenvalue weighted by Crippen LogP contribution is -2.42. The Morgan fingerprint density at radius 3 is 2.50 bits per heavy atom. The maximum absolute atomic E-state index is 12.0. The van der Waals surface area contributed by atoms with Gasteiger partial charge in [-0.05, 0) is 43.5 Å². The molecule has 0 saturated carbocycles. The van der Waals surface area contributed by atoms with E-state index < -0.39 is 0 Å². The number of benzene rings is 1. The first-order valence-corrected chi connectivity index (χ1v) is 11.6. The summed E-state index contributed by atoms with van der Waals surface area (Å²) in [6.07, 6.45) is 0.999. The molecule has 8 heteroatoms. The summed E-state index contributed by atoms with van der Waals surface area (Å²) >= 11 is 0. The molecule has 0 aliphatic carbocycles. The highest BCUT2D eigenvalue weighted by atomic mass is 16.5. The predicted molar refractivity (Wildman–Crippen MR) is 129 cm³/mol. The SMILES string of the molecule is CC(C)COc1ccc(C(C)NC(=NCC(=O)N(C)C)NCCCN2CCOCC2)cc1. The third-order valence-corrected chi connectivity index (χ3v) is 5.24. The highest BCUT2D eigenvalue weighted by molar-refractivity contribution is 5.85. The molecule has 1 aromatic carbocycles. The zero-order chi connectivity index (χ0) is 23.3. The molecule has 1 aromatic rings. The van der Waals surface area contributed by atoms with E-state index in [1.165, 1.54) is 0 Å². The average Bonchev–Trinajstić information content (AvgIpc) is 2.79. The molecule has 180 valence electrons. The fraction of sp³-hybridized carbons (Fsp3) is 0.667. The Morgan fingerprint density at radius 1 is 1.19 bits per heavy atom. The number of nitrogens with zero attached hydrogens (tertiary/aromatic N) is 3. The van der Waals surface area contributed by atoms with Crippen molar-refractivity contribution in [3.63, 3.8) is 0 Å². The number of morpholine rings is 1. The Kier molecular flexibility index (Phi) is 11.3. The van der Waals surface area contributed by atoms with E-state index in [4.69, 9.17) is 9.47 Å². The lowest BCUT2D eigenvalue weighted by Gasteiger charge is -2.26.